The lowest BCUT2D eigenvalue weighted by molar-refractivity contribution is -0.147. The first-order valence-corrected chi connectivity index (χ1v) is 9.26. The zero-order chi connectivity index (χ0) is 19.6. The first-order chi connectivity index (χ1) is 12.8. The summed E-state index contributed by atoms with van der Waals surface area (Å²) >= 11 is 0. The predicted molar refractivity (Wildman–Crippen MR) is 98.6 cm³/mol. The maximum Gasteiger partial charge on any atom is 0.242 e. The Morgan fingerprint density at radius 3 is 1.96 bits per heavy atom. The normalized spacial score (nSPS) is 18.2. The molecule has 0 aliphatic carbocycles. The van der Waals surface area contributed by atoms with Gasteiger partial charge in [-0.15, -0.1) is 0 Å². The summed E-state index contributed by atoms with van der Waals surface area (Å²) < 4.78 is 0. The molecule has 4 amide bonds. The van der Waals surface area contributed by atoms with Gasteiger partial charge in [0.15, 0.2) is 0 Å². The monoisotopic (exact) mass is 371 g/mol. The van der Waals surface area contributed by atoms with Gasteiger partial charge in [0.2, 0.25) is 23.6 Å². The minimum atomic E-state index is -0.637. The topological polar surface area (TPSA) is 78.0 Å². The van der Waals surface area contributed by atoms with Crippen LogP contribution in [0.4, 0.5) is 0 Å². The molecule has 0 bridgehead atoms. The second kappa shape index (κ2) is 7.50. The van der Waals surface area contributed by atoms with E-state index < -0.39 is 5.41 Å². The van der Waals surface area contributed by atoms with Crippen LogP contribution in [0.2, 0.25) is 0 Å². The van der Waals surface area contributed by atoms with Crippen LogP contribution in [-0.2, 0) is 24.6 Å². The number of carbonyl (C=O) groups excluding carboxylic acids is 4. The molecule has 2 heterocycles. The quantitative estimate of drug-likeness (QED) is 0.733. The molecular weight excluding hydrogens is 346 g/mol. The summed E-state index contributed by atoms with van der Waals surface area (Å²) in [4.78, 5) is 53.2. The van der Waals surface area contributed by atoms with Gasteiger partial charge in [0.1, 0.15) is 6.54 Å². The summed E-state index contributed by atoms with van der Waals surface area (Å²) in [7, 11) is 0. The minimum Gasteiger partial charge on any atom is -0.338 e. The SMILES string of the molecule is CC(C)(C(=O)N1CCN(C(=O)CN2C(=O)CCC2=O)CC1)c1ccccc1. The maximum atomic E-state index is 13.0. The van der Waals surface area contributed by atoms with Gasteiger partial charge in [-0.2, -0.15) is 0 Å². The number of likely N-dealkylation sites (tertiary alicyclic amines) is 1. The lowest BCUT2D eigenvalue weighted by atomic mass is 9.83. The molecule has 0 N–H and O–H groups in total. The third-order valence-electron chi connectivity index (χ3n) is 5.40. The van der Waals surface area contributed by atoms with Gasteiger partial charge in [0.25, 0.3) is 0 Å². The standard InChI is InChI=1S/C20H25N3O4/c1-20(2,15-6-4-3-5-7-15)19(27)22-12-10-21(11-13-22)18(26)14-23-16(24)8-9-17(23)25/h3-7H,8-14H2,1-2H3. The van der Waals surface area contributed by atoms with Gasteiger partial charge in [-0.3, -0.25) is 24.1 Å². The van der Waals surface area contributed by atoms with Gasteiger partial charge in [0, 0.05) is 39.0 Å². The third-order valence-corrected chi connectivity index (χ3v) is 5.40. The Morgan fingerprint density at radius 2 is 1.41 bits per heavy atom. The zero-order valence-electron chi connectivity index (χ0n) is 15.8. The number of imide groups is 1. The van der Waals surface area contributed by atoms with E-state index in [-0.39, 0.29) is 43.0 Å². The van der Waals surface area contributed by atoms with Crippen LogP contribution in [0.1, 0.15) is 32.3 Å². The van der Waals surface area contributed by atoms with E-state index in [1.807, 2.05) is 44.2 Å². The Kier molecular flexibility index (Phi) is 5.30. The first-order valence-electron chi connectivity index (χ1n) is 9.26. The average Bonchev–Trinajstić information content (AvgIpc) is 3.00. The number of nitrogens with zero attached hydrogens (tertiary/aromatic N) is 3. The second-order valence-corrected chi connectivity index (χ2v) is 7.54. The van der Waals surface area contributed by atoms with E-state index in [1.54, 1.807) is 9.80 Å². The van der Waals surface area contributed by atoms with Crippen molar-refractivity contribution in [2.45, 2.75) is 32.1 Å². The Balaban J connectivity index is 1.57. The summed E-state index contributed by atoms with van der Waals surface area (Å²) in [5.41, 5.74) is 0.321. The largest absolute Gasteiger partial charge is 0.338 e. The Labute approximate surface area is 158 Å². The average molecular weight is 371 g/mol. The highest BCUT2D eigenvalue weighted by atomic mass is 16.2. The highest BCUT2D eigenvalue weighted by molar-refractivity contribution is 6.04. The van der Waals surface area contributed by atoms with Crippen LogP contribution in [0.3, 0.4) is 0 Å². The summed E-state index contributed by atoms with van der Waals surface area (Å²) in [6.07, 6.45) is 0.367. The number of rotatable bonds is 4. The summed E-state index contributed by atoms with van der Waals surface area (Å²) in [6, 6.07) is 9.65. The number of benzene rings is 1. The molecule has 0 unspecified atom stereocenters. The Morgan fingerprint density at radius 1 is 0.889 bits per heavy atom. The van der Waals surface area contributed by atoms with Gasteiger partial charge in [0.05, 0.1) is 5.41 Å². The van der Waals surface area contributed by atoms with Crippen LogP contribution in [0, 0.1) is 0 Å². The van der Waals surface area contributed by atoms with Crippen molar-refractivity contribution in [3.63, 3.8) is 0 Å². The second-order valence-electron chi connectivity index (χ2n) is 7.54. The summed E-state index contributed by atoms with van der Waals surface area (Å²) in [5, 5.41) is 0. The van der Waals surface area contributed by atoms with Gasteiger partial charge < -0.3 is 9.80 Å². The smallest absolute Gasteiger partial charge is 0.242 e. The lowest BCUT2D eigenvalue weighted by Gasteiger charge is -2.39. The van der Waals surface area contributed by atoms with Crippen molar-refractivity contribution in [1.29, 1.82) is 0 Å². The molecule has 144 valence electrons. The van der Waals surface area contributed by atoms with Gasteiger partial charge in [-0.05, 0) is 19.4 Å². The first kappa shape index (κ1) is 19.1. The highest BCUT2D eigenvalue weighted by Gasteiger charge is 2.37. The molecule has 2 fully saturated rings. The molecule has 0 saturated carbocycles. The maximum absolute atomic E-state index is 13.0. The molecule has 1 aromatic rings. The third kappa shape index (κ3) is 3.86. The number of piperazine rings is 1. The molecule has 7 heteroatoms. The van der Waals surface area contributed by atoms with Crippen LogP contribution in [0.25, 0.3) is 0 Å². The molecule has 0 spiro atoms. The van der Waals surface area contributed by atoms with Crippen molar-refractivity contribution < 1.29 is 19.2 Å². The molecule has 0 aromatic heterocycles. The van der Waals surface area contributed by atoms with Crippen LogP contribution < -0.4 is 0 Å². The van der Waals surface area contributed by atoms with E-state index in [4.69, 9.17) is 0 Å². The fourth-order valence-corrected chi connectivity index (χ4v) is 3.57. The van der Waals surface area contributed by atoms with E-state index in [0.29, 0.717) is 26.2 Å². The van der Waals surface area contributed by atoms with Crippen molar-refractivity contribution in [1.82, 2.24) is 14.7 Å². The number of hydrogen-bond acceptors (Lipinski definition) is 4. The molecule has 2 aliphatic rings. The molecular formula is C20H25N3O4. The van der Waals surface area contributed by atoms with Gasteiger partial charge in [-0.1, -0.05) is 30.3 Å². The molecule has 3 rings (SSSR count). The molecule has 0 atom stereocenters. The molecule has 2 aliphatic heterocycles. The van der Waals surface area contributed by atoms with E-state index >= 15 is 0 Å². The van der Waals surface area contributed by atoms with Gasteiger partial charge >= 0.3 is 0 Å². The van der Waals surface area contributed by atoms with Crippen molar-refractivity contribution in [3.05, 3.63) is 35.9 Å². The molecule has 7 nitrogen and oxygen atoms in total. The zero-order valence-corrected chi connectivity index (χ0v) is 15.8. The van der Waals surface area contributed by atoms with E-state index in [2.05, 4.69) is 0 Å². The number of hydrogen-bond donors (Lipinski definition) is 0. The summed E-state index contributed by atoms with van der Waals surface area (Å²) in [6.45, 7) is 5.34. The van der Waals surface area contributed by atoms with Crippen molar-refractivity contribution >= 4 is 23.6 Å². The van der Waals surface area contributed by atoms with E-state index in [0.717, 1.165) is 10.5 Å². The van der Waals surface area contributed by atoms with Crippen LogP contribution >= 0.6 is 0 Å². The van der Waals surface area contributed by atoms with Crippen LogP contribution in [0.15, 0.2) is 30.3 Å². The van der Waals surface area contributed by atoms with Crippen molar-refractivity contribution in [3.8, 4) is 0 Å². The minimum absolute atomic E-state index is 0.0331. The highest BCUT2D eigenvalue weighted by Crippen LogP contribution is 2.26. The predicted octanol–water partition coefficient (Wildman–Crippen LogP) is 0.784. The molecule has 1 aromatic carbocycles. The summed E-state index contributed by atoms with van der Waals surface area (Å²) in [5.74, 6) is -0.780. The van der Waals surface area contributed by atoms with Crippen molar-refractivity contribution in [2.24, 2.45) is 0 Å². The van der Waals surface area contributed by atoms with E-state index in [1.165, 1.54) is 0 Å². The van der Waals surface area contributed by atoms with E-state index in [9.17, 15) is 19.2 Å². The van der Waals surface area contributed by atoms with Crippen molar-refractivity contribution in [2.75, 3.05) is 32.7 Å². The Hall–Kier alpha value is -2.70. The number of carbonyl (C=O) groups is 4. The molecule has 27 heavy (non-hydrogen) atoms. The fourth-order valence-electron chi connectivity index (χ4n) is 3.57. The fraction of sp³-hybridized carbons (Fsp3) is 0.500. The van der Waals surface area contributed by atoms with Crippen LogP contribution in [-0.4, -0.2) is 71.1 Å². The van der Waals surface area contributed by atoms with Crippen LogP contribution in [0.5, 0.6) is 0 Å². The Bertz CT molecular complexity index is 736. The lowest BCUT2D eigenvalue weighted by Crippen LogP contribution is -2.55. The molecule has 2 saturated heterocycles. The number of amides is 4. The van der Waals surface area contributed by atoms with Gasteiger partial charge in [-0.25, -0.2) is 0 Å². The molecule has 0 radical (unpaired) electrons.